The van der Waals surface area contributed by atoms with Crippen molar-refractivity contribution in [2.45, 2.75) is 17.9 Å². The lowest BCUT2D eigenvalue weighted by Crippen LogP contribution is -2.08. The van der Waals surface area contributed by atoms with Crippen molar-refractivity contribution in [3.8, 4) is 0 Å². The third-order valence-corrected chi connectivity index (χ3v) is 4.51. The van der Waals surface area contributed by atoms with Gasteiger partial charge in [-0.3, -0.25) is 0 Å². The zero-order valence-electron chi connectivity index (χ0n) is 10.5. The van der Waals surface area contributed by atoms with Gasteiger partial charge in [0.25, 0.3) is 0 Å². The van der Waals surface area contributed by atoms with E-state index in [1.54, 1.807) is 0 Å². The number of H-pyrrole nitrogens is 1. The topological polar surface area (TPSA) is 102 Å². The molecule has 20 heavy (non-hydrogen) atoms. The van der Waals surface area contributed by atoms with Crippen LogP contribution in [0.3, 0.4) is 0 Å². The Morgan fingerprint density at radius 1 is 1.25 bits per heavy atom. The summed E-state index contributed by atoms with van der Waals surface area (Å²) < 4.78 is 29.3. The third kappa shape index (κ3) is 2.55. The number of aromatic nitrogens is 4. The monoisotopic (exact) mass is 292 g/mol. The highest BCUT2D eigenvalue weighted by Crippen LogP contribution is 2.16. The minimum absolute atomic E-state index is 0.0156. The van der Waals surface area contributed by atoms with Gasteiger partial charge in [-0.25, -0.2) is 13.4 Å². The molecule has 104 valence electrons. The summed E-state index contributed by atoms with van der Waals surface area (Å²) in [7, 11) is -3.39. The number of hydrogen-bond donors (Lipinski definition) is 1. The second kappa shape index (κ2) is 5.04. The van der Waals surface area contributed by atoms with E-state index in [2.05, 4.69) is 20.4 Å². The van der Waals surface area contributed by atoms with Gasteiger partial charge in [0, 0.05) is 6.42 Å². The first kappa shape index (κ1) is 12.8. The average molecular weight is 292 g/mol. The fraction of sp³-hybridized carbons (Fsp3) is 0.250. The number of aromatic amines is 1. The summed E-state index contributed by atoms with van der Waals surface area (Å²) in [6.45, 7) is 0. The molecule has 1 N–H and O–H groups in total. The molecule has 0 spiro atoms. The number of aryl methyl sites for hydroxylation is 1. The molecule has 7 nitrogen and oxygen atoms in total. The highest BCUT2D eigenvalue weighted by atomic mass is 32.2. The highest BCUT2D eigenvalue weighted by Gasteiger charge is 2.17. The van der Waals surface area contributed by atoms with Gasteiger partial charge in [0.1, 0.15) is 5.52 Å². The molecular formula is C12H12N4O3S. The summed E-state index contributed by atoms with van der Waals surface area (Å²) in [6, 6.07) is 7.43. The summed E-state index contributed by atoms with van der Waals surface area (Å²) in [5, 5.41) is 9.34. The standard InChI is InChI=1S/C12H12N4O3S/c17-20(18,12-8-13-16-15-12)7-3-6-11-14-9-4-1-2-5-10(9)19-11/h1-2,4-5,8H,3,6-7H2,(H,13,15,16). The normalized spacial score (nSPS) is 12.0. The van der Waals surface area contributed by atoms with Crippen LogP contribution in [-0.4, -0.2) is 34.6 Å². The van der Waals surface area contributed by atoms with E-state index in [9.17, 15) is 8.42 Å². The summed E-state index contributed by atoms with van der Waals surface area (Å²) in [5.41, 5.74) is 1.49. The van der Waals surface area contributed by atoms with E-state index in [-0.39, 0.29) is 10.8 Å². The second-order valence-corrected chi connectivity index (χ2v) is 6.36. The molecule has 3 aromatic rings. The van der Waals surface area contributed by atoms with Crippen molar-refractivity contribution in [3.05, 3.63) is 36.4 Å². The van der Waals surface area contributed by atoms with E-state index in [1.807, 2.05) is 24.3 Å². The largest absolute Gasteiger partial charge is 0.441 e. The van der Waals surface area contributed by atoms with Gasteiger partial charge in [0.15, 0.2) is 26.3 Å². The Kier molecular flexibility index (Phi) is 3.23. The summed E-state index contributed by atoms with van der Waals surface area (Å²) >= 11 is 0. The predicted octanol–water partition coefficient (Wildman–Crippen LogP) is 1.35. The van der Waals surface area contributed by atoms with E-state index in [0.29, 0.717) is 24.3 Å². The van der Waals surface area contributed by atoms with E-state index >= 15 is 0 Å². The van der Waals surface area contributed by atoms with Crippen molar-refractivity contribution in [1.29, 1.82) is 0 Å². The van der Waals surface area contributed by atoms with E-state index in [0.717, 1.165) is 5.52 Å². The maximum atomic E-state index is 11.9. The highest BCUT2D eigenvalue weighted by molar-refractivity contribution is 7.91. The molecular weight excluding hydrogens is 280 g/mol. The van der Waals surface area contributed by atoms with Crippen molar-refractivity contribution >= 4 is 20.9 Å². The van der Waals surface area contributed by atoms with Gasteiger partial charge >= 0.3 is 0 Å². The molecule has 0 aliphatic carbocycles. The van der Waals surface area contributed by atoms with Crippen molar-refractivity contribution in [1.82, 2.24) is 20.4 Å². The lowest BCUT2D eigenvalue weighted by atomic mass is 10.3. The van der Waals surface area contributed by atoms with Gasteiger partial charge in [-0.1, -0.05) is 12.1 Å². The van der Waals surface area contributed by atoms with Crippen molar-refractivity contribution < 1.29 is 12.8 Å². The maximum Gasteiger partial charge on any atom is 0.199 e. The number of benzene rings is 1. The first-order valence-corrected chi connectivity index (χ1v) is 7.73. The molecule has 2 aromatic heterocycles. The minimum Gasteiger partial charge on any atom is -0.441 e. The van der Waals surface area contributed by atoms with Crippen LogP contribution in [0.25, 0.3) is 11.1 Å². The Morgan fingerprint density at radius 3 is 2.85 bits per heavy atom. The molecule has 0 saturated carbocycles. The second-order valence-electron chi connectivity index (χ2n) is 4.31. The van der Waals surface area contributed by atoms with Gasteiger partial charge < -0.3 is 4.42 Å². The van der Waals surface area contributed by atoms with Crippen molar-refractivity contribution in [2.75, 3.05) is 5.75 Å². The van der Waals surface area contributed by atoms with Gasteiger partial charge in [-0.05, 0) is 18.6 Å². The molecule has 0 amide bonds. The van der Waals surface area contributed by atoms with Crippen LogP contribution in [0.4, 0.5) is 0 Å². The zero-order valence-corrected chi connectivity index (χ0v) is 11.3. The molecule has 0 fully saturated rings. The number of nitrogens with zero attached hydrogens (tertiary/aromatic N) is 3. The van der Waals surface area contributed by atoms with Crippen LogP contribution >= 0.6 is 0 Å². The van der Waals surface area contributed by atoms with Crippen LogP contribution < -0.4 is 0 Å². The first-order valence-electron chi connectivity index (χ1n) is 6.08. The lowest BCUT2D eigenvalue weighted by molar-refractivity contribution is 0.523. The molecule has 0 saturated heterocycles. The number of hydrogen-bond acceptors (Lipinski definition) is 6. The predicted molar refractivity (Wildman–Crippen MR) is 70.8 cm³/mol. The number of rotatable bonds is 5. The molecule has 1 aromatic carbocycles. The summed E-state index contributed by atoms with van der Waals surface area (Å²) in [4.78, 5) is 4.30. The number of sulfone groups is 1. The smallest absolute Gasteiger partial charge is 0.199 e. The van der Waals surface area contributed by atoms with Crippen LogP contribution in [0, 0.1) is 0 Å². The van der Waals surface area contributed by atoms with Crippen LogP contribution in [0.2, 0.25) is 0 Å². The fourth-order valence-electron chi connectivity index (χ4n) is 1.89. The van der Waals surface area contributed by atoms with Crippen molar-refractivity contribution in [2.24, 2.45) is 0 Å². The number of nitrogens with one attached hydrogen (secondary N) is 1. The average Bonchev–Trinajstić information content (AvgIpc) is 3.07. The number of oxazole rings is 1. The Balaban J connectivity index is 1.65. The van der Waals surface area contributed by atoms with Crippen LogP contribution in [0.15, 0.2) is 39.9 Å². The molecule has 0 aliphatic heterocycles. The van der Waals surface area contributed by atoms with Gasteiger partial charge in [0.2, 0.25) is 0 Å². The Labute approximate surface area is 114 Å². The summed E-state index contributed by atoms with van der Waals surface area (Å²) in [5.74, 6) is 0.527. The molecule has 0 unspecified atom stereocenters. The molecule has 0 aliphatic rings. The molecule has 0 atom stereocenters. The van der Waals surface area contributed by atoms with E-state index in [1.165, 1.54) is 6.20 Å². The maximum absolute atomic E-state index is 11.9. The quantitative estimate of drug-likeness (QED) is 0.761. The van der Waals surface area contributed by atoms with Gasteiger partial charge in [0.05, 0.1) is 11.9 Å². The Morgan fingerprint density at radius 2 is 2.10 bits per heavy atom. The SMILES string of the molecule is O=S(=O)(CCCc1nc2ccccc2o1)c1cn[nH]n1. The molecule has 0 radical (unpaired) electrons. The molecule has 0 bridgehead atoms. The number of para-hydroxylation sites is 2. The number of fused-ring (bicyclic) bond motifs is 1. The van der Waals surface area contributed by atoms with E-state index < -0.39 is 9.84 Å². The van der Waals surface area contributed by atoms with Crippen molar-refractivity contribution in [3.63, 3.8) is 0 Å². The molecule has 2 heterocycles. The Hall–Kier alpha value is -2.22. The van der Waals surface area contributed by atoms with Crippen LogP contribution in [0.1, 0.15) is 12.3 Å². The first-order chi connectivity index (χ1) is 9.65. The molecule has 8 heteroatoms. The van der Waals surface area contributed by atoms with Crippen LogP contribution in [0.5, 0.6) is 0 Å². The van der Waals surface area contributed by atoms with Crippen LogP contribution in [-0.2, 0) is 16.3 Å². The van der Waals surface area contributed by atoms with E-state index in [4.69, 9.17) is 4.42 Å². The molecule has 3 rings (SSSR count). The minimum atomic E-state index is -3.39. The third-order valence-electron chi connectivity index (χ3n) is 2.85. The van der Waals surface area contributed by atoms with Gasteiger partial charge in [-0.15, -0.1) is 5.10 Å². The summed E-state index contributed by atoms with van der Waals surface area (Å²) in [6.07, 6.45) is 2.09. The zero-order chi connectivity index (χ0) is 14.0. The fourth-order valence-corrected chi connectivity index (χ4v) is 3.01. The lowest BCUT2D eigenvalue weighted by Gasteiger charge is -1.98. The van der Waals surface area contributed by atoms with Gasteiger partial charge in [-0.2, -0.15) is 10.3 Å². The Bertz CT molecular complexity index is 775.